The van der Waals surface area contributed by atoms with Crippen molar-refractivity contribution in [1.29, 1.82) is 0 Å². The quantitative estimate of drug-likeness (QED) is 0.394. The first-order chi connectivity index (χ1) is 7.06. The Bertz CT molecular complexity index is 454. The fraction of sp³-hybridized carbons (Fsp3) is 0.125. The van der Waals surface area contributed by atoms with Crippen LogP contribution < -0.4 is 0 Å². The number of rotatable bonds is 3. The number of phenolic OH excluding ortho intramolecular Hbond substituents is 1. The molecule has 78 valence electrons. The lowest BCUT2D eigenvalue weighted by Crippen LogP contribution is -1.92. The maximum atomic E-state index is 10.5. The Morgan fingerprint density at radius 2 is 2.27 bits per heavy atom. The molecule has 0 unspecified atom stereocenters. The van der Waals surface area contributed by atoms with Crippen molar-refractivity contribution in [2.24, 2.45) is 4.99 Å². The lowest BCUT2D eigenvalue weighted by molar-refractivity contribution is -0.386. The second-order valence-corrected chi connectivity index (χ2v) is 3.46. The van der Waals surface area contributed by atoms with Gasteiger partial charge in [0, 0.05) is 6.07 Å². The van der Waals surface area contributed by atoms with E-state index in [2.05, 4.69) is 20.9 Å². The molecule has 0 fully saturated rings. The van der Waals surface area contributed by atoms with E-state index in [4.69, 9.17) is 0 Å². The molecule has 0 heterocycles. The molecule has 1 N–H and O–H groups in total. The van der Waals surface area contributed by atoms with Crippen LogP contribution in [-0.2, 0) is 11.3 Å². The molecular formula is C8H5BrN2O4. The molecule has 0 atom stereocenters. The molecule has 0 saturated heterocycles. The molecule has 1 aromatic carbocycles. The smallest absolute Gasteiger partial charge is 0.312 e. The Kier molecular flexibility index (Phi) is 3.54. The number of benzene rings is 1. The SMILES string of the molecule is O=C=NCc1cc(Br)c(O)c([N+](=O)[O-])c1. The van der Waals surface area contributed by atoms with Gasteiger partial charge in [0.1, 0.15) is 0 Å². The Morgan fingerprint density at radius 1 is 1.60 bits per heavy atom. The van der Waals surface area contributed by atoms with Gasteiger partial charge in [0.15, 0.2) is 0 Å². The number of halogens is 1. The highest BCUT2D eigenvalue weighted by Gasteiger charge is 2.17. The summed E-state index contributed by atoms with van der Waals surface area (Å²) in [4.78, 5) is 22.9. The van der Waals surface area contributed by atoms with Gasteiger partial charge in [-0.25, -0.2) is 9.79 Å². The van der Waals surface area contributed by atoms with Crippen molar-refractivity contribution < 1.29 is 14.8 Å². The van der Waals surface area contributed by atoms with Crippen molar-refractivity contribution in [2.45, 2.75) is 6.54 Å². The van der Waals surface area contributed by atoms with Crippen molar-refractivity contribution in [3.05, 3.63) is 32.3 Å². The van der Waals surface area contributed by atoms with Gasteiger partial charge < -0.3 is 5.11 Å². The van der Waals surface area contributed by atoms with E-state index < -0.39 is 16.4 Å². The van der Waals surface area contributed by atoms with E-state index in [1.165, 1.54) is 12.1 Å². The van der Waals surface area contributed by atoms with Crippen LogP contribution in [0, 0.1) is 10.1 Å². The third kappa shape index (κ3) is 2.61. The number of nitrogens with zero attached hydrogens (tertiary/aromatic N) is 2. The number of isocyanates is 1. The molecule has 0 bridgehead atoms. The van der Waals surface area contributed by atoms with Crippen LogP contribution in [0.1, 0.15) is 5.56 Å². The number of nitro benzene ring substituents is 1. The number of hydrogen-bond donors (Lipinski definition) is 1. The number of carbonyl (C=O) groups excluding carboxylic acids is 1. The summed E-state index contributed by atoms with van der Waals surface area (Å²) in [6.07, 6.45) is 1.33. The highest BCUT2D eigenvalue weighted by atomic mass is 79.9. The van der Waals surface area contributed by atoms with Crippen molar-refractivity contribution in [1.82, 2.24) is 0 Å². The summed E-state index contributed by atoms with van der Waals surface area (Å²) in [5.41, 5.74) is 0.00944. The normalized spacial score (nSPS) is 9.40. The summed E-state index contributed by atoms with van der Waals surface area (Å²) in [5, 5.41) is 19.8. The van der Waals surface area contributed by atoms with Crippen molar-refractivity contribution >= 4 is 27.7 Å². The Balaban J connectivity index is 3.22. The van der Waals surface area contributed by atoms with E-state index in [1.807, 2.05) is 0 Å². The van der Waals surface area contributed by atoms with Crippen LogP contribution in [0.3, 0.4) is 0 Å². The van der Waals surface area contributed by atoms with Gasteiger partial charge in [-0.3, -0.25) is 10.1 Å². The van der Waals surface area contributed by atoms with Gasteiger partial charge in [-0.05, 0) is 27.6 Å². The Hall–Kier alpha value is -1.72. The largest absolute Gasteiger partial charge is 0.501 e. The maximum absolute atomic E-state index is 10.5. The van der Waals surface area contributed by atoms with E-state index in [1.54, 1.807) is 0 Å². The summed E-state index contributed by atoms with van der Waals surface area (Å²) in [6, 6.07) is 2.60. The molecule has 0 aromatic heterocycles. The number of nitro groups is 1. The number of phenols is 1. The predicted octanol–water partition coefficient (Wildman–Crippen LogP) is 1.90. The molecule has 15 heavy (non-hydrogen) atoms. The van der Waals surface area contributed by atoms with Crippen LogP contribution in [0.2, 0.25) is 0 Å². The summed E-state index contributed by atoms with van der Waals surface area (Å²) in [5.74, 6) is -0.446. The van der Waals surface area contributed by atoms with Gasteiger partial charge in [0.05, 0.1) is 15.9 Å². The highest BCUT2D eigenvalue weighted by Crippen LogP contribution is 2.35. The fourth-order valence-electron chi connectivity index (χ4n) is 0.993. The molecule has 0 radical (unpaired) electrons. The molecule has 0 spiro atoms. The molecule has 0 aliphatic rings. The van der Waals surface area contributed by atoms with Crippen LogP contribution in [0.15, 0.2) is 21.6 Å². The first-order valence-corrected chi connectivity index (χ1v) is 4.55. The minimum absolute atomic E-state index is 0.0107. The van der Waals surface area contributed by atoms with Crippen molar-refractivity contribution in [2.75, 3.05) is 0 Å². The molecule has 0 saturated carbocycles. The Labute approximate surface area is 92.5 Å². The standard InChI is InChI=1S/C8H5BrN2O4/c9-6-1-5(3-10-4-12)2-7(8(6)13)11(14)15/h1-2,13H,3H2. The van der Waals surface area contributed by atoms with Crippen LogP contribution in [-0.4, -0.2) is 16.1 Å². The van der Waals surface area contributed by atoms with E-state index >= 15 is 0 Å². The second-order valence-electron chi connectivity index (χ2n) is 2.61. The van der Waals surface area contributed by atoms with Crippen LogP contribution >= 0.6 is 15.9 Å². The lowest BCUT2D eigenvalue weighted by atomic mass is 10.2. The maximum Gasteiger partial charge on any atom is 0.312 e. The third-order valence-corrected chi connectivity index (χ3v) is 2.23. The van der Waals surface area contributed by atoms with E-state index in [0.717, 1.165) is 6.07 Å². The van der Waals surface area contributed by atoms with E-state index in [9.17, 15) is 20.0 Å². The fourth-order valence-corrected chi connectivity index (χ4v) is 1.49. The molecule has 1 rings (SSSR count). The predicted molar refractivity (Wildman–Crippen MR) is 54.3 cm³/mol. The Morgan fingerprint density at radius 3 is 2.80 bits per heavy atom. The van der Waals surface area contributed by atoms with Crippen LogP contribution in [0.25, 0.3) is 0 Å². The number of aliphatic imine (C=N–C) groups is 1. The van der Waals surface area contributed by atoms with Gasteiger partial charge in [-0.15, -0.1) is 0 Å². The zero-order valence-electron chi connectivity index (χ0n) is 7.31. The summed E-state index contributed by atoms with van der Waals surface area (Å²) in [7, 11) is 0. The molecular weight excluding hydrogens is 268 g/mol. The topological polar surface area (TPSA) is 92.8 Å². The molecule has 0 aliphatic heterocycles. The zero-order valence-corrected chi connectivity index (χ0v) is 8.89. The van der Waals surface area contributed by atoms with Gasteiger partial charge in [0.25, 0.3) is 0 Å². The zero-order chi connectivity index (χ0) is 11.4. The van der Waals surface area contributed by atoms with Crippen LogP contribution in [0.4, 0.5) is 5.69 Å². The van der Waals surface area contributed by atoms with Gasteiger partial charge >= 0.3 is 5.69 Å². The summed E-state index contributed by atoms with van der Waals surface area (Å²) in [6.45, 7) is -0.0107. The number of aromatic hydroxyl groups is 1. The third-order valence-electron chi connectivity index (χ3n) is 1.63. The molecule has 7 heteroatoms. The summed E-state index contributed by atoms with van der Waals surface area (Å²) < 4.78 is 0.188. The monoisotopic (exact) mass is 272 g/mol. The molecule has 1 aromatic rings. The highest BCUT2D eigenvalue weighted by molar-refractivity contribution is 9.10. The number of hydrogen-bond acceptors (Lipinski definition) is 5. The first-order valence-electron chi connectivity index (χ1n) is 3.75. The van der Waals surface area contributed by atoms with Crippen molar-refractivity contribution in [3.63, 3.8) is 0 Å². The summed E-state index contributed by atoms with van der Waals surface area (Å²) >= 11 is 2.96. The lowest BCUT2D eigenvalue weighted by Gasteiger charge is -2.01. The van der Waals surface area contributed by atoms with Crippen LogP contribution in [0.5, 0.6) is 5.75 Å². The average molecular weight is 273 g/mol. The molecule has 0 aliphatic carbocycles. The first kappa shape index (κ1) is 11.4. The minimum atomic E-state index is -0.714. The van der Waals surface area contributed by atoms with E-state index in [-0.39, 0.29) is 11.0 Å². The van der Waals surface area contributed by atoms with Crippen molar-refractivity contribution in [3.8, 4) is 5.75 Å². The molecule has 6 nitrogen and oxygen atoms in total. The minimum Gasteiger partial charge on any atom is -0.501 e. The molecule has 0 amide bonds. The van der Waals surface area contributed by atoms with Gasteiger partial charge in [-0.1, -0.05) is 0 Å². The van der Waals surface area contributed by atoms with E-state index in [0.29, 0.717) is 5.56 Å². The average Bonchev–Trinajstić information content (AvgIpc) is 2.19. The van der Waals surface area contributed by atoms with Gasteiger partial charge in [-0.2, -0.15) is 0 Å². The second kappa shape index (κ2) is 4.68. The van der Waals surface area contributed by atoms with Gasteiger partial charge in [0.2, 0.25) is 11.8 Å².